The molecule has 0 spiro atoms. The smallest absolute Gasteiger partial charge is 0.278 e. The van der Waals surface area contributed by atoms with Crippen LogP contribution < -0.4 is 15.2 Å². The molecule has 0 aromatic heterocycles. The van der Waals surface area contributed by atoms with Gasteiger partial charge in [0.2, 0.25) is 0 Å². The van der Waals surface area contributed by atoms with E-state index >= 15 is 0 Å². The molecule has 0 saturated heterocycles. The van der Waals surface area contributed by atoms with Gasteiger partial charge in [-0.25, -0.2) is 0 Å². The lowest BCUT2D eigenvalue weighted by atomic mass is 10.1. The molecule has 1 unspecified atom stereocenters. The molecule has 0 aromatic rings. The molecule has 5 N–H and O–H groups in total. The van der Waals surface area contributed by atoms with Gasteiger partial charge in [0.15, 0.2) is 5.84 Å². The molecule has 1 atom stereocenters. The third-order valence-corrected chi connectivity index (χ3v) is 2.88. The molecule has 8 heteroatoms. The second-order valence-corrected chi connectivity index (χ2v) is 5.67. The van der Waals surface area contributed by atoms with Crippen molar-refractivity contribution >= 4 is 16.0 Å². The molecule has 90 valence electrons. The van der Waals surface area contributed by atoms with Gasteiger partial charge in [-0.2, -0.15) is 17.9 Å². The van der Waals surface area contributed by atoms with Gasteiger partial charge < -0.3 is 10.9 Å². The summed E-state index contributed by atoms with van der Waals surface area (Å²) in [5, 5.41) is 11.1. The fraction of sp³-hybridized carbons (Fsp3) is 0.857. The maximum Gasteiger partial charge on any atom is 0.278 e. The second-order valence-electron chi connectivity index (χ2n) is 4.22. The van der Waals surface area contributed by atoms with E-state index < -0.39 is 21.8 Å². The average Bonchev–Trinajstić information content (AvgIpc) is 1.96. The molecule has 0 bridgehead atoms. The number of rotatable bonds is 4. The molecule has 0 amide bonds. The van der Waals surface area contributed by atoms with E-state index in [-0.39, 0.29) is 5.84 Å². The van der Waals surface area contributed by atoms with Gasteiger partial charge in [0.05, 0.1) is 6.04 Å². The van der Waals surface area contributed by atoms with Gasteiger partial charge in [0.25, 0.3) is 10.2 Å². The molecule has 0 radical (unpaired) electrons. The maximum atomic E-state index is 11.5. The van der Waals surface area contributed by atoms with Crippen molar-refractivity contribution < 1.29 is 13.6 Å². The van der Waals surface area contributed by atoms with Gasteiger partial charge in [0, 0.05) is 5.54 Å². The first-order valence-corrected chi connectivity index (χ1v) is 5.84. The lowest BCUT2D eigenvalue weighted by molar-refractivity contribution is 0.316. The van der Waals surface area contributed by atoms with Gasteiger partial charge in [-0.1, -0.05) is 5.16 Å². The minimum absolute atomic E-state index is 0.200. The molecule has 7 nitrogen and oxygen atoms in total. The number of nitrogens with one attached hydrogen (secondary N) is 2. The SMILES string of the molecule is CC(NS(=O)(=O)NC(C)(C)C)C(N)=NO. The first kappa shape index (κ1) is 14.1. The van der Waals surface area contributed by atoms with Crippen molar-refractivity contribution in [2.75, 3.05) is 0 Å². The van der Waals surface area contributed by atoms with E-state index in [2.05, 4.69) is 14.6 Å². The first-order chi connectivity index (χ1) is 6.57. The summed E-state index contributed by atoms with van der Waals surface area (Å²) in [5.74, 6) is -0.200. The van der Waals surface area contributed by atoms with Crippen molar-refractivity contribution in [1.82, 2.24) is 9.44 Å². The summed E-state index contributed by atoms with van der Waals surface area (Å²) >= 11 is 0. The zero-order valence-electron chi connectivity index (χ0n) is 9.27. The van der Waals surface area contributed by atoms with Crippen LogP contribution in [0.15, 0.2) is 5.16 Å². The first-order valence-electron chi connectivity index (χ1n) is 4.36. The molecule has 0 heterocycles. The number of nitrogens with two attached hydrogens (primary N) is 1. The molecule has 15 heavy (non-hydrogen) atoms. The van der Waals surface area contributed by atoms with Gasteiger partial charge in [-0.15, -0.1) is 0 Å². The van der Waals surface area contributed by atoms with Gasteiger partial charge in [0.1, 0.15) is 0 Å². The van der Waals surface area contributed by atoms with Crippen molar-refractivity contribution in [2.45, 2.75) is 39.3 Å². The Morgan fingerprint density at radius 1 is 1.47 bits per heavy atom. The molecule has 0 saturated carbocycles. The van der Waals surface area contributed by atoms with E-state index in [0.29, 0.717) is 0 Å². The minimum atomic E-state index is -3.67. The van der Waals surface area contributed by atoms with Gasteiger partial charge in [-0.05, 0) is 27.7 Å². The van der Waals surface area contributed by atoms with E-state index in [1.54, 1.807) is 20.8 Å². The molecule has 0 aliphatic rings. The van der Waals surface area contributed by atoms with Crippen LogP contribution in [0, 0.1) is 0 Å². The lowest BCUT2D eigenvalue weighted by Crippen LogP contribution is -2.52. The highest BCUT2D eigenvalue weighted by atomic mass is 32.2. The summed E-state index contributed by atoms with van der Waals surface area (Å²) in [5.41, 5.74) is 4.65. The highest BCUT2D eigenvalue weighted by Crippen LogP contribution is 2.01. The third kappa shape index (κ3) is 6.26. The molecular formula is C7H18N4O3S. The van der Waals surface area contributed by atoms with E-state index in [9.17, 15) is 8.42 Å². The fourth-order valence-corrected chi connectivity index (χ4v) is 2.26. The highest BCUT2D eigenvalue weighted by molar-refractivity contribution is 7.87. The van der Waals surface area contributed by atoms with Gasteiger partial charge >= 0.3 is 0 Å². The number of oxime groups is 1. The van der Waals surface area contributed by atoms with Crippen LogP contribution in [0.4, 0.5) is 0 Å². The van der Waals surface area contributed by atoms with Crippen LogP contribution in [-0.4, -0.2) is 31.0 Å². The van der Waals surface area contributed by atoms with Crippen molar-refractivity contribution in [2.24, 2.45) is 10.9 Å². The summed E-state index contributed by atoms with van der Waals surface area (Å²) < 4.78 is 27.5. The van der Waals surface area contributed by atoms with Crippen LogP contribution in [0.5, 0.6) is 0 Å². The number of hydrogen-bond acceptors (Lipinski definition) is 4. The number of hydrogen-bond donors (Lipinski definition) is 4. The Bertz CT molecular complexity index is 331. The Hall–Kier alpha value is -0.860. The maximum absolute atomic E-state index is 11.5. The van der Waals surface area contributed by atoms with E-state index in [1.807, 2.05) is 0 Å². The largest absolute Gasteiger partial charge is 0.409 e. The Labute approximate surface area is 89.9 Å². The predicted molar refractivity (Wildman–Crippen MR) is 57.8 cm³/mol. The van der Waals surface area contributed by atoms with Crippen LogP contribution in [0.25, 0.3) is 0 Å². The van der Waals surface area contributed by atoms with Crippen LogP contribution in [0.3, 0.4) is 0 Å². The predicted octanol–water partition coefficient (Wildman–Crippen LogP) is -0.656. The molecular weight excluding hydrogens is 220 g/mol. The summed E-state index contributed by atoms with van der Waals surface area (Å²) in [6.07, 6.45) is 0. The molecule has 0 aromatic carbocycles. The van der Waals surface area contributed by atoms with Crippen LogP contribution in [-0.2, 0) is 10.2 Å². The van der Waals surface area contributed by atoms with Crippen LogP contribution >= 0.6 is 0 Å². The highest BCUT2D eigenvalue weighted by Gasteiger charge is 2.22. The summed E-state index contributed by atoms with van der Waals surface area (Å²) in [6.45, 7) is 6.60. The van der Waals surface area contributed by atoms with E-state index in [1.165, 1.54) is 6.92 Å². The molecule has 0 rings (SSSR count). The Kier molecular flexibility index (Phi) is 4.50. The van der Waals surface area contributed by atoms with E-state index in [4.69, 9.17) is 10.9 Å². The zero-order valence-corrected chi connectivity index (χ0v) is 10.1. The zero-order chi connectivity index (χ0) is 12.3. The quantitative estimate of drug-likeness (QED) is 0.225. The lowest BCUT2D eigenvalue weighted by Gasteiger charge is -2.22. The standard InChI is InChI=1S/C7H18N4O3S/c1-5(6(8)9-12)10-15(13,14)11-7(2,3)4/h5,10-12H,1-4H3,(H2,8,9). The summed E-state index contributed by atoms with van der Waals surface area (Å²) in [7, 11) is -3.67. The number of nitrogens with zero attached hydrogens (tertiary/aromatic N) is 1. The molecule has 0 fully saturated rings. The van der Waals surface area contributed by atoms with Crippen molar-refractivity contribution in [3.63, 3.8) is 0 Å². The van der Waals surface area contributed by atoms with Crippen molar-refractivity contribution in [1.29, 1.82) is 0 Å². The van der Waals surface area contributed by atoms with Crippen LogP contribution in [0.1, 0.15) is 27.7 Å². The Morgan fingerprint density at radius 2 is 1.93 bits per heavy atom. The van der Waals surface area contributed by atoms with E-state index in [0.717, 1.165) is 0 Å². The normalized spacial score (nSPS) is 16.4. The Morgan fingerprint density at radius 3 is 2.27 bits per heavy atom. The minimum Gasteiger partial charge on any atom is -0.409 e. The van der Waals surface area contributed by atoms with Crippen LogP contribution in [0.2, 0.25) is 0 Å². The summed E-state index contributed by atoms with van der Waals surface area (Å²) in [6, 6.07) is -0.769. The molecule has 0 aliphatic carbocycles. The summed E-state index contributed by atoms with van der Waals surface area (Å²) in [4.78, 5) is 0. The monoisotopic (exact) mass is 238 g/mol. The Balaban J connectivity index is 4.54. The van der Waals surface area contributed by atoms with Crippen molar-refractivity contribution in [3.05, 3.63) is 0 Å². The second kappa shape index (κ2) is 4.77. The van der Waals surface area contributed by atoms with Crippen molar-refractivity contribution in [3.8, 4) is 0 Å². The molecule has 0 aliphatic heterocycles. The number of amidine groups is 1. The fourth-order valence-electron chi connectivity index (χ4n) is 0.812. The average molecular weight is 238 g/mol. The third-order valence-electron chi connectivity index (χ3n) is 1.33. The van der Waals surface area contributed by atoms with Gasteiger partial charge in [-0.3, -0.25) is 0 Å². The topological polar surface area (TPSA) is 117 Å².